The molecule has 0 spiro atoms. The predicted octanol–water partition coefficient (Wildman–Crippen LogP) is 3.99. The van der Waals surface area contributed by atoms with Gasteiger partial charge in [-0.25, -0.2) is 17.2 Å². The maximum atomic E-state index is 13.7. The molecule has 30 heavy (non-hydrogen) atoms. The average molecular weight is 439 g/mol. The summed E-state index contributed by atoms with van der Waals surface area (Å²) < 4.78 is 52.3. The second kappa shape index (κ2) is 9.12. The van der Waals surface area contributed by atoms with Gasteiger partial charge in [-0.2, -0.15) is 0 Å². The lowest BCUT2D eigenvalue weighted by Gasteiger charge is -2.32. The van der Waals surface area contributed by atoms with E-state index in [0.717, 1.165) is 34.3 Å². The van der Waals surface area contributed by atoms with Crippen LogP contribution in [0.4, 0.5) is 14.5 Å². The number of hydrogen-bond donors (Lipinski definition) is 1. The van der Waals surface area contributed by atoms with Crippen molar-refractivity contribution in [2.24, 2.45) is 0 Å². The van der Waals surface area contributed by atoms with Gasteiger partial charge in [-0.15, -0.1) is 0 Å². The number of hydrogen-bond acceptors (Lipinski definition) is 3. The van der Waals surface area contributed by atoms with Gasteiger partial charge in [-0.05, 0) is 43.4 Å². The highest BCUT2D eigenvalue weighted by molar-refractivity contribution is 7.92. The molecule has 2 aromatic rings. The minimum atomic E-state index is -3.92. The van der Waals surface area contributed by atoms with E-state index in [1.807, 2.05) is 37.3 Å². The smallest absolute Gasteiger partial charge is 0.243 e. The second-order valence-corrected chi connectivity index (χ2v) is 10.1. The van der Waals surface area contributed by atoms with Crippen LogP contribution < -0.4 is 9.62 Å². The fourth-order valence-corrected chi connectivity index (χ4v) is 4.78. The summed E-state index contributed by atoms with van der Waals surface area (Å²) in [5.74, 6) is -2.81. The Bertz CT molecular complexity index is 995. The molecule has 0 aliphatic heterocycles. The third-order valence-electron chi connectivity index (χ3n) is 5.01. The van der Waals surface area contributed by atoms with Gasteiger partial charge in [0.25, 0.3) is 0 Å². The molecule has 2 aromatic carbocycles. The summed E-state index contributed by atoms with van der Waals surface area (Å²) in [6.45, 7) is 7.39. The summed E-state index contributed by atoms with van der Waals surface area (Å²) in [6, 6.07) is 11.2. The number of nitrogens with zero attached hydrogens (tertiary/aromatic N) is 1. The molecule has 0 bridgehead atoms. The number of nitrogens with one attached hydrogen (secondary N) is 1. The number of anilines is 1. The van der Waals surface area contributed by atoms with Crippen LogP contribution in [-0.2, 0) is 20.2 Å². The number of amides is 1. The third-order valence-corrected chi connectivity index (χ3v) is 6.25. The lowest BCUT2D eigenvalue weighted by atomic mass is 9.79. The predicted molar refractivity (Wildman–Crippen MR) is 115 cm³/mol. The topological polar surface area (TPSA) is 66.5 Å². The molecule has 164 valence electrons. The van der Waals surface area contributed by atoms with Crippen LogP contribution in [0.2, 0.25) is 0 Å². The molecule has 0 radical (unpaired) electrons. The molecule has 2 rings (SSSR count). The maximum absolute atomic E-state index is 13.7. The largest absolute Gasteiger partial charge is 0.352 e. The van der Waals surface area contributed by atoms with Crippen molar-refractivity contribution in [1.82, 2.24) is 5.32 Å². The first-order valence-corrected chi connectivity index (χ1v) is 11.5. The first-order chi connectivity index (χ1) is 13.8. The lowest BCUT2D eigenvalue weighted by molar-refractivity contribution is -0.122. The molecule has 0 saturated heterocycles. The molecule has 0 fully saturated rings. The number of benzene rings is 2. The van der Waals surface area contributed by atoms with E-state index in [1.54, 1.807) is 0 Å². The molecule has 8 heteroatoms. The van der Waals surface area contributed by atoms with Crippen molar-refractivity contribution in [1.29, 1.82) is 0 Å². The van der Waals surface area contributed by atoms with Gasteiger partial charge in [0.05, 0.1) is 11.9 Å². The number of sulfonamides is 1. The van der Waals surface area contributed by atoms with Crippen LogP contribution in [0, 0.1) is 11.6 Å². The average Bonchev–Trinajstić information content (AvgIpc) is 2.63. The minimum absolute atomic E-state index is 0.115. The Labute approximate surface area is 177 Å². The van der Waals surface area contributed by atoms with Crippen molar-refractivity contribution < 1.29 is 22.0 Å². The van der Waals surface area contributed by atoms with Gasteiger partial charge >= 0.3 is 0 Å². The highest BCUT2D eigenvalue weighted by atomic mass is 32.2. The molecule has 0 aliphatic rings. The Morgan fingerprint density at radius 1 is 1.07 bits per heavy atom. The highest BCUT2D eigenvalue weighted by Crippen LogP contribution is 2.28. The lowest BCUT2D eigenvalue weighted by Crippen LogP contribution is -2.50. The van der Waals surface area contributed by atoms with Gasteiger partial charge in [-0.3, -0.25) is 9.10 Å². The van der Waals surface area contributed by atoms with E-state index in [0.29, 0.717) is 6.42 Å². The molecule has 5 nitrogen and oxygen atoms in total. The monoisotopic (exact) mass is 438 g/mol. The SMILES string of the molecule is C[C@H](CC(C)(C)c1ccccc1)NC(=O)[C@@H](C)N(c1ccc(F)c(F)c1)S(C)(=O)=O. The van der Waals surface area contributed by atoms with E-state index >= 15 is 0 Å². The first kappa shape index (κ1) is 23.8. The molecule has 0 heterocycles. The summed E-state index contributed by atoms with van der Waals surface area (Å²) in [6.07, 6.45) is 1.54. The zero-order chi connectivity index (χ0) is 22.7. The molecule has 0 aliphatic carbocycles. The van der Waals surface area contributed by atoms with Crippen molar-refractivity contribution in [3.8, 4) is 0 Å². The molecular formula is C22H28F2N2O3S. The van der Waals surface area contributed by atoms with E-state index in [4.69, 9.17) is 0 Å². The number of rotatable bonds is 8. The van der Waals surface area contributed by atoms with Crippen LogP contribution >= 0.6 is 0 Å². The standard InChI is InChI=1S/C22H28F2N2O3S/c1-15(14-22(3,4)17-9-7-6-8-10-17)25-21(27)16(2)26(30(5,28)29)18-11-12-19(23)20(24)13-18/h6-13,15-16H,14H2,1-5H3,(H,25,27)/t15-,16-/m1/s1. The maximum Gasteiger partial charge on any atom is 0.243 e. The molecular weight excluding hydrogens is 410 g/mol. The van der Waals surface area contributed by atoms with Crippen molar-refractivity contribution in [3.05, 3.63) is 65.7 Å². The van der Waals surface area contributed by atoms with Crippen LogP contribution in [0.1, 0.15) is 39.7 Å². The number of carbonyl (C=O) groups is 1. The van der Waals surface area contributed by atoms with E-state index in [9.17, 15) is 22.0 Å². The van der Waals surface area contributed by atoms with Crippen molar-refractivity contribution in [3.63, 3.8) is 0 Å². The van der Waals surface area contributed by atoms with Crippen molar-refractivity contribution in [2.45, 2.75) is 51.6 Å². The van der Waals surface area contributed by atoms with Crippen molar-refractivity contribution in [2.75, 3.05) is 10.6 Å². The highest BCUT2D eigenvalue weighted by Gasteiger charge is 2.31. The zero-order valence-corrected chi connectivity index (χ0v) is 18.6. The minimum Gasteiger partial charge on any atom is -0.352 e. The fraction of sp³-hybridized carbons (Fsp3) is 0.409. The Kier molecular flexibility index (Phi) is 7.23. The fourth-order valence-electron chi connectivity index (χ4n) is 3.62. The molecule has 2 atom stereocenters. The summed E-state index contributed by atoms with van der Waals surface area (Å²) >= 11 is 0. The van der Waals surface area contributed by atoms with E-state index in [-0.39, 0.29) is 17.1 Å². The summed E-state index contributed by atoms with van der Waals surface area (Å²) in [5.41, 5.74) is 0.795. The second-order valence-electron chi connectivity index (χ2n) is 8.20. The van der Waals surface area contributed by atoms with Crippen molar-refractivity contribution >= 4 is 21.6 Å². The zero-order valence-electron chi connectivity index (χ0n) is 17.8. The number of halogens is 2. The van der Waals surface area contributed by atoms with Gasteiger partial charge in [0.2, 0.25) is 15.9 Å². The Balaban J connectivity index is 2.18. The third kappa shape index (κ3) is 5.78. The van der Waals surface area contributed by atoms with Gasteiger partial charge in [-0.1, -0.05) is 44.2 Å². The van der Waals surface area contributed by atoms with Gasteiger partial charge in [0.15, 0.2) is 11.6 Å². The van der Waals surface area contributed by atoms with Gasteiger partial charge < -0.3 is 5.32 Å². The molecule has 1 amide bonds. The Morgan fingerprint density at radius 3 is 2.20 bits per heavy atom. The van der Waals surface area contributed by atoms with E-state index in [1.165, 1.54) is 6.92 Å². The Morgan fingerprint density at radius 2 is 1.67 bits per heavy atom. The van der Waals surface area contributed by atoms with E-state index < -0.39 is 33.6 Å². The van der Waals surface area contributed by atoms with E-state index in [2.05, 4.69) is 19.2 Å². The molecule has 0 saturated carbocycles. The quantitative estimate of drug-likeness (QED) is 0.678. The first-order valence-electron chi connectivity index (χ1n) is 9.63. The van der Waals surface area contributed by atoms with Gasteiger partial charge in [0, 0.05) is 12.1 Å². The van der Waals surface area contributed by atoms with Crippen LogP contribution in [0.15, 0.2) is 48.5 Å². The van der Waals surface area contributed by atoms with Crippen LogP contribution in [0.25, 0.3) is 0 Å². The normalized spacial score (nSPS) is 14.1. The summed E-state index contributed by atoms with van der Waals surface area (Å²) in [5, 5.41) is 2.84. The molecule has 0 aromatic heterocycles. The van der Waals surface area contributed by atoms with Crippen LogP contribution in [0.5, 0.6) is 0 Å². The van der Waals surface area contributed by atoms with Crippen LogP contribution in [-0.4, -0.2) is 32.7 Å². The summed E-state index contributed by atoms with van der Waals surface area (Å²) in [4.78, 5) is 12.8. The molecule has 1 N–H and O–H groups in total. The van der Waals surface area contributed by atoms with Crippen LogP contribution in [0.3, 0.4) is 0 Å². The Hall–Kier alpha value is -2.48. The van der Waals surface area contributed by atoms with Gasteiger partial charge in [0.1, 0.15) is 6.04 Å². The number of carbonyl (C=O) groups excluding carboxylic acids is 1. The summed E-state index contributed by atoms with van der Waals surface area (Å²) in [7, 11) is -3.92. The molecule has 0 unspecified atom stereocenters.